The quantitative estimate of drug-likeness (QED) is 0.560. The molecule has 1 aliphatic rings. The molecular formula is C9H12N4O2. The third-order valence-electron chi connectivity index (χ3n) is 2.28. The largest absolute Gasteiger partial charge is 0.365 e. The number of hydrogen-bond donors (Lipinski definition) is 2. The van der Waals surface area contributed by atoms with E-state index in [1.165, 1.54) is 0 Å². The summed E-state index contributed by atoms with van der Waals surface area (Å²) in [6.07, 6.45) is 2.85. The number of H-pyrrole nitrogens is 1. The second kappa shape index (κ2) is 4.04. The summed E-state index contributed by atoms with van der Waals surface area (Å²) >= 11 is 0. The summed E-state index contributed by atoms with van der Waals surface area (Å²) in [5, 5.41) is 13.3. The van der Waals surface area contributed by atoms with Gasteiger partial charge in [-0.25, -0.2) is 0 Å². The second-order valence-corrected chi connectivity index (χ2v) is 3.34. The molecule has 0 spiro atoms. The summed E-state index contributed by atoms with van der Waals surface area (Å²) in [4.78, 5) is 14.9. The summed E-state index contributed by atoms with van der Waals surface area (Å²) < 4.78 is 0. The molecule has 80 valence electrons. The van der Waals surface area contributed by atoms with Crippen molar-refractivity contribution in [3.8, 4) is 0 Å². The monoisotopic (exact) mass is 208 g/mol. The van der Waals surface area contributed by atoms with Gasteiger partial charge in [0.05, 0.1) is 11.5 Å². The average Bonchev–Trinajstić information content (AvgIpc) is 2.78. The number of hydrogen-bond acceptors (Lipinski definition) is 4. The molecule has 6 heteroatoms. The van der Waals surface area contributed by atoms with E-state index >= 15 is 0 Å². The average molecular weight is 208 g/mol. The molecule has 1 aromatic heterocycles. The highest BCUT2D eigenvalue weighted by molar-refractivity contribution is 5.08. The van der Waals surface area contributed by atoms with Crippen molar-refractivity contribution < 1.29 is 4.92 Å². The predicted octanol–water partition coefficient (Wildman–Crippen LogP) is 0.495. The maximum atomic E-state index is 10.4. The Balaban J connectivity index is 2.05. The lowest BCUT2D eigenvalue weighted by Crippen LogP contribution is -2.20. The molecule has 0 amide bonds. The van der Waals surface area contributed by atoms with Crippen LogP contribution < -0.4 is 5.32 Å². The van der Waals surface area contributed by atoms with E-state index < -0.39 is 4.92 Å². The summed E-state index contributed by atoms with van der Waals surface area (Å²) in [7, 11) is 0. The molecule has 0 saturated carbocycles. The minimum absolute atomic E-state index is 0.435. The topological polar surface area (TPSA) is 74.2 Å². The fourth-order valence-corrected chi connectivity index (χ4v) is 1.61. The van der Waals surface area contributed by atoms with Crippen LogP contribution >= 0.6 is 0 Å². The fourth-order valence-electron chi connectivity index (χ4n) is 1.61. The normalized spacial score (nSPS) is 18.1. The molecule has 1 saturated heterocycles. The lowest BCUT2D eigenvalue weighted by Gasteiger charge is -2.15. The predicted molar refractivity (Wildman–Crippen MR) is 54.3 cm³/mol. The first kappa shape index (κ1) is 9.57. The summed E-state index contributed by atoms with van der Waals surface area (Å²) in [5.74, 6) is 0.578. The first-order valence-corrected chi connectivity index (χ1v) is 4.72. The van der Waals surface area contributed by atoms with Crippen molar-refractivity contribution in [2.75, 3.05) is 13.1 Å². The van der Waals surface area contributed by atoms with E-state index in [0.717, 1.165) is 25.0 Å². The van der Waals surface area contributed by atoms with Crippen molar-refractivity contribution in [2.24, 2.45) is 0 Å². The molecule has 1 fully saturated rings. The summed E-state index contributed by atoms with van der Waals surface area (Å²) in [5.41, 5.74) is 1.05. The van der Waals surface area contributed by atoms with Crippen molar-refractivity contribution in [2.45, 2.75) is 6.54 Å². The van der Waals surface area contributed by atoms with Gasteiger partial charge in [0.1, 0.15) is 0 Å². The zero-order valence-corrected chi connectivity index (χ0v) is 8.14. The number of nitrogens with one attached hydrogen (secondary N) is 2. The van der Waals surface area contributed by atoms with Crippen molar-refractivity contribution in [1.82, 2.24) is 15.2 Å². The third kappa shape index (κ3) is 2.28. The first-order valence-electron chi connectivity index (χ1n) is 4.72. The van der Waals surface area contributed by atoms with Crippen LogP contribution in [0.5, 0.6) is 0 Å². The molecule has 1 aliphatic heterocycles. The third-order valence-corrected chi connectivity index (χ3v) is 2.28. The van der Waals surface area contributed by atoms with Gasteiger partial charge in [0.15, 0.2) is 5.82 Å². The molecule has 1 aromatic rings. The van der Waals surface area contributed by atoms with Gasteiger partial charge in [-0.1, -0.05) is 0 Å². The number of nitrogens with zero attached hydrogens (tertiary/aromatic N) is 2. The number of rotatable bonds is 3. The van der Waals surface area contributed by atoms with Crippen molar-refractivity contribution in [3.63, 3.8) is 0 Å². The van der Waals surface area contributed by atoms with E-state index in [2.05, 4.69) is 10.3 Å². The van der Waals surface area contributed by atoms with Crippen LogP contribution in [0.3, 0.4) is 0 Å². The SMILES string of the molecule is O=[N+]([O-])/C=C1/NCCN1Cc1ccc[nH]1. The maximum absolute atomic E-state index is 10.4. The standard InChI is InChI=1S/C9H12N4O2/c14-13(15)7-9-11-4-5-12(9)6-8-2-1-3-10-8/h1-3,7,10-11H,4-6H2/b9-7-. The number of aromatic nitrogens is 1. The first-order chi connectivity index (χ1) is 7.25. The Morgan fingerprint density at radius 2 is 2.53 bits per heavy atom. The van der Waals surface area contributed by atoms with E-state index in [4.69, 9.17) is 0 Å². The smallest absolute Gasteiger partial charge is 0.274 e. The zero-order valence-electron chi connectivity index (χ0n) is 8.14. The highest BCUT2D eigenvalue weighted by Gasteiger charge is 2.19. The van der Waals surface area contributed by atoms with Crippen molar-refractivity contribution >= 4 is 0 Å². The van der Waals surface area contributed by atoms with Crippen LogP contribution in [-0.4, -0.2) is 27.9 Å². The van der Waals surface area contributed by atoms with E-state index in [-0.39, 0.29) is 0 Å². The summed E-state index contributed by atoms with van der Waals surface area (Å²) in [6, 6.07) is 3.87. The van der Waals surface area contributed by atoms with Crippen LogP contribution in [0.1, 0.15) is 5.69 Å². The van der Waals surface area contributed by atoms with Gasteiger partial charge < -0.3 is 15.2 Å². The van der Waals surface area contributed by atoms with Crippen LogP contribution in [-0.2, 0) is 6.54 Å². The van der Waals surface area contributed by atoms with Gasteiger partial charge in [0.25, 0.3) is 6.20 Å². The van der Waals surface area contributed by atoms with Gasteiger partial charge in [0, 0.05) is 25.0 Å². The minimum atomic E-state index is -0.435. The van der Waals surface area contributed by atoms with Gasteiger partial charge in [-0.15, -0.1) is 0 Å². The Kier molecular flexibility index (Phi) is 2.57. The van der Waals surface area contributed by atoms with Gasteiger partial charge in [-0.05, 0) is 12.1 Å². The molecule has 0 atom stereocenters. The molecule has 2 heterocycles. The Morgan fingerprint density at radius 1 is 1.67 bits per heavy atom. The van der Waals surface area contributed by atoms with Crippen LogP contribution in [0.2, 0.25) is 0 Å². The van der Waals surface area contributed by atoms with Gasteiger partial charge in [-0.2, -0.15) is 0 Å². The van der Waals surface area contributed by atoms with E-state index in [1.54, 1.807) is 0 Å². The minimum Gasteiger partial charge on any atom is -0.365 e. The highest BCUT2D eigenvalue weighted by atomic mass is 16.6. The molecule has 0 unspecified atom stereocenters. The Bertz CT molecular complexity index is 371. The summed E-state index contributed by atoms with van der Waals surface area (Å²) in [6.45, 7) is 2.21. The molecule has 0 aliphatic carbocycles. The lowest BCUT2D eigenvalue weighted by atomic mass is 10.4. The van der Waals surface area contributed by atoms with Crippen LogP contribution in [0, 0.1) is 10.1 Å². The zero-order chi connectivity index (χ0) is 10.7. The number of nitro groups is 1. The van der Waals surface area contributed by atoms with Gasteiger partial charge in [0.2, 0.25) is 0 Å². The Hall–Kier alpha value is -1.98. The highest BCUT2D eigenvalue weighted by Crippen LogP contribution is 2.11. The van der Waals surface area contributed by atoms with E-state index in [0.29, 0.717) is 12.4 Å². The van der Waals surface area contributed by atoms with Gasteiger partial charge in [-0.3, -0.25) is 10.1 Å². The Labute approximate surface area is 86.7 Å². The molecule has 6 nitrogen and oxygen atoms in total. The van der Waals surface area contributed by atoms with Crippen molar-refractivity contribution in [3.05, 3.63) is 46.2 Å². The molecule has 2 N–H and O–H groups in total. The van der Waals surface area contributed by atoms with Gasteiger partial charge >= 0.3 is 0 Å². The molecule has 0 radical (unpaired) electrons. The fraction of sp³-hybridized carbons (Fsp3) is 0.333. The molecule has 0 aromatic carbocycles. The number of aromatic amines is 1. The lowest BCUT2D eigenvalue weighted by molar-refractivity contribution is -0.404. The molecule has 0 bridgehead atoms. The molecular weight excluding hydrogens is 196 g/mol. The van der Waals surface area contributed by atoms with E-state index in [9.17, 15) is 10.1 Å². The van der Waals surface area contributed by atoms with Crippen LogP contribution in [0.25, 0.3) is 0 Å². The van der Waals surface area contributed by atoms with Crippen LogP contribution in [0.4, 0.5) is 0 Å². The van der Waals surface area contributed by atoms with Crippen LogP contribution in [0.15, 0.2) is 30.4 Å². The van der Waals surface area contributed by atoms with E-state index in [1.807, 2.05) is 23.2 Å². The van der Waals surface area contributed by atoms with Crippen molar-refractivity contribution in [1.29, 1.82) is 0 Å². The Morgan fingerprint density at radius 3 is 3.20 bits per heavy atom. The second-order valence-electron chi connectivity index (χ2n) is 3.34. The molecule has 15 heavy (non-hydrogen) atoms. The maximum Gasteiger partial charge on any atom is 0.274 e. The molecule has 2 rings (SSSR count).